The van der Waals surface area contributed by atoms with Gasteiger partial charge in [0.05, 0.1) is 12.2 Å². The van der Waals surface area contributed by atoms with Gasteiger partial charge in [0.15, 0.2) is 5.96 Å². The average Bonchev–Trinajstić information content (AvgIpc) is 2.67. The normalized spacial score (nSPS) is 10.9. The number of guanidine groups is 1. The molecule has 1 aromatic heterocycles. The molecular weight excluding hydrogens is 435 g/mol. The largest absolute Gasteiger partial charge is 0.370 e. The lowest BCUT2D eigenvalue weighted by atomic mass is 10.1. The first-order chi connectivity index (χ1) is 12.2. The number of rotatable bonds is 5. The van der Waals surface area contributed by atoms with Crippen molar-refractivity contribution in [3.05, 3.63) is 84.1 Å². The monoisotopic (exact) mass is 458 g/mol. The van der Waals surface area contributed by atoms with Gasteiger partial charge in [-0.15, -0.1) is 24.0 Å². The number of hydrogen-bond donors (Lipinski definition) is 2. The van der Waals surface area contributed by atoms with Crippen LogP contribution in [-0.4, -0.2) is 10.9 Å². The Hall–Kier alpha value is -2.41. The molecule has 0 bridgehead atoms. The molecule has 0 aliphatic heterocycles. The minimum absolute atomic E-state index is 0. The molecule has 0 amide bonds. The summed E-state index contributed by atoms with van der Waals surface area (Å²) >= 11 is 0. The first-order valence-electron chi connectivity index (χ1n) is 8.41. The maximum Gasteiger partial charge on any atom is 0.193 e. The number of nitrogens with one attached hydrogen (secondary N) is 1. The fourth-order valence-corrected chi connectivity index (χ4v) is 2.60. The molecule has 3 rings (SSSR count). The highest BCUT2D eigenvalue weighted by molar-refractivity contribution is 14.0. The number of aromatic nitrogens is 1. The van der Waals surface area contributed by atoms with Crippen LogP contribution in [0.25, 0.3) is 11.3 Å². The molecule has 0 unspecified atom stereocenters. The van der Waals surface area contributed by atoms with Gasteiger partial charge in [-0.05, 0) is 47.9 Å². The van der Waals surface area contributed by atoms with Crippen LogP contribution in [0.5, 0.6) is 0 Å². The van der Waals surface area contributed by atoms with Crippen LogP contribution in [0.2, 0.25) is 0 Å². The van der Waals surface area contributed by atoms with Gasteiger partial charge in [0.2, 0.25) is 0 Å². The fraction of sp³-hybridized carbons (Fsp3) is 0.143. The van der Waals surface area contributed by atoms with Crippen molar-refractivity contribution in [1.82, 2.24) is 4.98 Å². The Kier molecular flexibility index (Phi) is 7.59. The summed E-state index contributed by atoms with van der Waals surface area (Å²) < 4.78 is 0. The maximum absolute atomic E-state index is 6.02. The second-order valence-electron chi connectivity index (χ2n) is 5.80. The van der Waals surface area contributed by atoms with Gasteiger partial charge in [0, 0.05) is 17.4 Å². The topological polar surface area (TPSA) is 63.3 Å². The van der Waals surface area contributed by atoms with Crippen LogP contribution in [0.1, 0.15) is 18.1 Å². The Bertz CT molecular complexity index is 863. The molecule has 0 saturated heterocycles. The Morgan fingerprint density at radius 3 is 2.58 bits per heavy atom. The lowest BCUT2D eigenvalue weighted by Gasteiger charge is -2.08. The number of nitrogens with zero attached hydrogens (tertiary/aromatic N) is 2. The van der Waals surface area contributed by atoms with Gasteiger partial charge in [-0.3, -0.25) is 4.98 Å². The summed E-state index contributed by atoms with van der Waals surface area (Å²) in [4.78, 5) is 8.83. The quantitative estimate of drug-likeness (QED) is 0.326. The van der Waals surface area contributed by atoms with E-state index < -0.39 is 0 Å². The second-order valence-corrected chi connectivity index (χ2v) is 5.80. The van der Waals surface area contributed by atoms with Crippen LogP contribution in [-0.2, 0) is 13.0 Å². The van der Waals surface area contributed by atoms with Crippen molar-refractivity contribution in [2.24, 2.45) is 10.7 Å². The van der Waals surface area contributed by atoms with Gasteiger partial charge in [-0.1, -0.05) is 43.3 Å². The van der Waals surface area contributed by atoms with Crippen LogP contribution >= 0.6 is 24.0 Å². The summed E-state index contributed by atoms with van der Waals surface area (Å²) in [5.74, 6) is 0.413. The molecule has 0 saturated carbocycles. The molecule has 0 atom stereocenters. The molecule has 0 aliphatic rings. The molecule has 26 heavy (non-hydrogen) atoms. The maximum atomic E-state index is 6.02. The smallest absolute Gasteiger partial charge is 0.193 e. The van der Waals surface area contributed by atoms with Crippen LogP contribution in [0, 0.1) is 0 Å². The van der Waals surface area contributed by atoms with Gasteiger partial charge >= 0.3 is 0 Å². The number of hydrogen-bond acceptors (Lipinski definition) is 2. The molecular formula is C21H23IN4. The third-order valence-corrected chi connectivity index (χ3v) is 3.93. The van der Waals surface area contributed by atoms with Gasteiger partial charge in [0.1, 0.15) is 0 Å². The minimum atomic E-state index is 0. The van der Waals surface area contributed by atoms with E-state index in [1.54, 1.807) is 6.20 Å². The first kappa shape index (κ1) is 19.9. The van der Waals surface area contributed by atoms with E-state index >= 15 is 0 Å². The third-order valence-electron chi connectivity index (χ3n) is 3.93. The van der Waals surface area contributed by atoms with Crippen molar-refractivity contribution in [3.8, 4) is 11.3 Å². The van der Waals surface area contributed by atoms with Crippen molar-refractivity contribution in [2.75, 3.05) is 5.32 Å². The van der Waals surface area contributed by atoms with Crippen LogP contribution < -0.4 is 11.1 Å². The Balaban J connectivity index is 0.00000243. The zero-order chi connectivity index (χ0) is 17.5. The lowest BCUT2D eigenvalue weighted by molar-refractivity contribution is 1.06. The highest BCUT2D eigenvalue weighted by Gasteiger charge is 2.01. The van der Waals surface area contributed by atoms with Gasteiger partial charge < -0.3 is 11.1 Å². The number of aryl methyl sites for hydroxylation is 1. The van der Waals surface area contributed by atoms with Crippen molar-refractivity contribution in [1.29, 1.82) is 0 Å². The van der Waals surface area contributed by atoms with E-state index in [2.05, 4.69) is 40.4 Å². The van der Waals surface area contributed by atoms with E-state index in [0.29, 0.717) is 12.5 Å². The number of nitrogens with two attached hydrogens (primary N) is 1. The molecule has 0 spiro atoms. The Labute approximate surface area is 171 Å². The molecule has 4 nitrogen and oxygen atoms in total. The fourth-order valence-electron chi connectivity index (χ4n) is 2.60. The summed E-state index contributed by atoms with van der Waals surface area (Å²) in [5.41, 5.74) is 11.4. The predicted molar refractivity (Wildman–Crippen MR) is 120 cm³/mol. The number of pyridine rings is 1. The Morgan fingerprint density at radius 2 is 1.81 bits per heavy atom. The molecule has 2 aromatic carbocycles. The van der Waals surface area contributed by atoms with E-state index in [1.807, 2.05) is 48.5 Å². The first-order valence-corrected chi connectivity index (χ1v) is 8.41. The summed E-state index contributed by atoms with van der Waals surface area (Å²) in [6.45, 7) is 2.65. The highest BCUT2D eigenvalue weighted by atomic mass is 127. The number of benzene rings is 2. The molecule has 134 valence electrons. The molecule has 3 aromatic rings. The summed E-state index contributed by atoms with van der Waals surface area (Å²) in [6, 6.07) is 22.3. The molecule has 3 N–H and O–H groups in total. The number of aliphatic imine (C=N–C) groups is 1. The van der Waals surface area contributed by atoms with Gasteiger partial charge in [0.25, 0.3) is 0 Å². The van der Waals surface area contributed by atoms with Crippen LogP contribution in [0.4, 0.5) is 5.69 Å². The highest BCUT2D eigenvalue weighted by Crippen LogP contribution is 2.18. The van der Waals surface area contributed by atoms with Crippen LogP contribution in [0.15, 0.2) is 77.9 Å². The molecule has 0 aliphatic carbocycles. The molecule has 5 heteroatoms. The van der Waals surface area contributed by atoms with Crippen molar-refractivity contribution in [2.45, 2.75) is 19.9 Å². The minimum Gasteiger partial charge on any atom is -0.370 e. The van der Waals surface area contributed by atoms with E-state index in [1.165, 1.54) is 5.56 Å². The van der Waals surface area contributed by atoms with E-state index in [9.17, 15) is 0 Å². The van der Waals surface area contributed by atoms with Crippen molar-refractivity contribution >= 4 is 35.6 Å². The molecule has 1 heterocycles. The zero-order valence-corrected chi connectivity index (χ0v) is 17.1. The van der Waals surface area contributed by atoms with E-state index in [0.717, 1.165) is 28.9 Å². The summed E-state index contributed by atoms with van der Waals surface area (Å²) in [7, 11) is 0. The number of halogens is 1. The van der Waals surface area contributed by atoms with E-state index in [4.69, 9.17) is 5.73 Å². The number of anilines is 1. The predicted octanol–water partition coefficient (Wildman–Crippen LogP) is 4.86. The lowest BCUT2D eigenvalue weighted by Crippen LogP contribution is -2.22. The SMILES string of the molecule is CCc1cccc(NC(N)=NCc2cccc(-c3ccccn3)c2)c1.I. The van der Waals surface area contributed by atoms with Crippen molar-refractivity contribution in [3.63, 3.8) is 0 Å². The average molecular weight is 458 g/mol. The molecule has 0 fully saturated rings. The standard InChI is InChI=1S/C21H22N4.HI/c1-2-16-7-6-10-19(14-16)25-21(22)24-15-17-8-5-9-18(13-17)20-11-3-4-12-23-20;/h3-14H,2,15H2,1H3,(H3,22,24,25);1H. The zero-order valence-electron chi connectivity index (χ0n) is 14.7. The second kappa shape index (κ2) is 9.91. The summed E-state index contributed by atoms with van der Waals surface area (Å²) in [5, 5.41) is 3.15. The Morgan fingerprint density at radius 1 is 1.00 bits per heavy atom. The van der Waals surface area contributed by atoms with Crippen molar-refractivity contribution < 1.29 is 0 Å². The summed E-state index contributed by atoms with van der Waals surface area (Å²) in [6.07, 6.45) is 2.79. The molecule has 0 radical (unpaired) electrons. The third kappa shape index (κ3) is 5.56. The van der Waals surface area contributed by atoms with Gasteiger partial charge in [-0.2, -0.15) is 0 Å². The van der Waals surface area contributed by atoms with E-state index in [-0.39, 0.29) is 24.0 Å². The van der Waals surface area contributed by atoms with Crippen LogP contribution in [0.3, 0.4) is 0 Å². The van der Waals surface area contributed by atoms with Gasteiger partial charge in [-0.25, -0.2) is 4.99 Å².